The third-order valence-corrected chi connectivity index (χ3v) is 5.09. The molecule has 0 radical (unpaired) electrons. The standard InChI is InChI=1S/C20H17ClFN5O3/c1-30-16-4-6-24-9-15(16)25-19(28)12-5-7-26-17(23)10-27(20(29)18(12)26)11-2-3-14(22)13(21)8-11/h2-9,17H,10,23H2,1H3,(H,25,28)/t17-/m1/s1. The molecule has 8 nitrogen and oxygen atoms in total. The molecule has 2 amide bonds. The maximum Gasteiger partial charge on any atom is 0.275 e. The molecular weight excluding hydrogens is 413 g/mol. The highest BCUT2D eigenvalue weighted by molar-refractivity contribution is 6.31. The van der Waals surface area contributed by atoms with Gasteiger partial charge in [0.2, 0.25) is 0 Å². The van der Waals surface area contributed by atoms with Crippen LogP contribution >= 0.6 is 11.6 Å². The number of nitrogens with two attached hydrogens (primary N) is 1. The number of benzene rings is 1. The fourth-order valence-electron chi connectivity index (χ4n) is 3.34. The molecule has 3 N–H and O–H groups in total. The van der Waals surface area contributed by atoms with Crippen molar-refractivity contribution in [2.75, 3.05) is 23.9 Å². The number of carbonyl (C=O) groups excluding carboxylic acids is 2. The van der Waals surface area contributed by atoms with Crippen LogP contribution in [0.25, 0.3) is 0 Å². The van der Waals surface area contributed by atoms with Gasteiger partial charge in [-0.2, -0.15) is 0 Å². The molecule has 30 heavy (non-hydrogen) atoms. The number of pyridine rings is 1. The number of hydrogen-bond donors (Lipinski definition) is 2. The predicted octanol–water partition coefficient (Wildman–Crippen LogP) is 3.05. The van der Waals surface area contributed by atoms with E-state index in [1.165, 1.54) is 48.7 Å². The third kappa shape index (κ3) is 3.38. The molecule has 2 aromatic heterocycles. The Hall–Kier alpha value is -3.43. The van der Waals surface area contributed by atoms with Gasteiger partial charge in [-0.1, -0.05) is 11.6 Å². The zero-order chi connectivity index (χ0) is 21.4. The van der Waals surface area contributed by atoms with Gasteiger partial charge in [0.05, 0.1) is 36.6 Å². The number of ether oxygens (including phenoxy) is 1. The van der Waals surface area contributed by atoms with Crippen molar-refractivity contribution in [1.29, 1.82) is 0 Å². The minimum absolute atomic E-state index is 0.114. The van der Waals surface area contributed by atoms with Gasteiger partial charge in [0.25, 0.3) is 11.8 Å². The summed E-state index contributed by atoms with van der Waals surface area (Å²) in [5.74, 6) is -1.14. The molecule has 0 unspecified atom stereocenters. The Balaban J connectivity index is 1.69. The summed E-state index contributed by atoms with van der Waals surface area (Å²) in [5, 5.41) is 2.58. The topological polar surface area (TPSA) is 102 Å². The van der Waals surface area contributed by atoms with Crippen LogP contribution in [0.2, 0.25) is 5.02 Å². The first-order valence-corrected chi connectivity index (χ1v) is 9.31. The Morgan fingerprint density at radius 1 is 1.37 bits per heavy atom. The molecule has 3 heterocycles. The van der Waals surface area contributed by atoms with Crippen LogP contribution in [0.15, 0.2) is 48.9 Å². The lowest BCUT2D eigenvalue weighted by Gasteiger charge is -2.33. The Bertz CT molecular complexity index is 1150. The quantitative estimate of drug-likeness (QED) is 0.663. The van der Waals surface area contributed by atoms with Gasteiger partial charge >= 0.3 is 0 Å². The monoisotopic (exact) mass is 429 g/mol. The van der Waals surface area contributed by atoms with Crippen molar-refractivity contribution in [1.82, 2.24) is 9.55 Å². The van der Waals surface area contributed by atoms with E-state index in [9.17, 15) is 14.0 Å². The summed E-state index contributed by atoms with van der Waals surface area (Å²) in [4.78, 5) is 31.5. The van der Waals surface area contributed by atoms with E-state index in [0.717, 1.165) is 0 Å². The zero-order valence-electron chi connectivity index (χ0n) is 15.8. The minimum Gasteiger partial charge on any atom is -0.494 e. The van der Waals surface area contributed by atoms with Crippen molar-refractivity contribution in [2.45, 2.75) is 6.17 Å². The highest BCUT2D eigenvalue weighted by atomic mass is 35.5. The molecule has 0 bridgehead atoms. The summed E-state index contributed by atoms with van der Waals surface area (Å²) >= 11 is 5.87. The van der Waals surface area contributed by atoms with Crippen LogP contribution in [0.4, 0.5) is 15.8 Å². The molecule has 0 fully saturated rings. The van der Waals surface area contributed by atoms with E-state index in [1.54, 1.807) is 16.8 Å². The van der Waals surface area contributed by atoms with Crippen molar-refractivity contribution >= 4 is 34.8 Å². The van der Waals surface area contributed by atoms with Crippen molar-refractivity contribution in [3.63, 3.8) is 0 Å². The molecule has 3 aromatic rings. The summed E-state index contributed by atoms with van der Waals surface area (Å²) in [5.41, 5.74) is 7.22. The van der Waals surface area contributed by atoms with Gasteiger partial charge in [0, 0.05) is 24.1 Å². The molecule has 0 spiro atoms. The molecule has 0 saturated carbocycles. The van der Waals surface area contributed by atoms with E-state index in [-0.39, 0.29) is 22.8 Å². The average Bonchev–Trinajstić information content (AvgIpc) is 3.19. The number of carbonyl (C=O) groups is 2. The summed E-state index contributed by atoms with van der Waals surface area (Å²) in [6.07, 6.45) is 3.96. The van der Waals surface area contributed by atoms with Gasteiger partial charge in [-0.3, -0.25) is 14.6 Å². The van der Waals surface area contributed by atoms with Crippen LogP contribution in [0.1, 0.15) is 27.0 Å². The van der Waals surface area contributed by atoms with Crippen LogP contribution in [-0.2, 0) is 0 Å². The van der Waals surface area contributed by atoms with Crippen LogP contribution in [0.3, 0.4) is 0 Å². The SMILES string of the molecule is COc1ccncc1NC(=O)c1ccn2c1C(=O)N(c1ccc(F)c(Cl)c1)C[C@@H]2N. The first-order chi connectivity index (χ1) is 14.4. The van der Waals surface area contributed by atoms with Crippen LogP contribution < -0.4 is 20.7 Å². The minimum atomic E-state index is -0.601. The van der Waals surface area contributed by atoms with Gasteiger partial charge in [-0.15, -0.1) is 0 Å². The van der Waals surface area contributed by atoms with Gasteiger partial charge < -0.3 is 25.3 Å². The lowest BCUT2D eigenvalue weighted by Crippen LogP contribution is -2.46. The number of aromatic nitrogens is 2. The Morgan fingerprint density at radius 2 is 2.17 bits per heavy atom. The van der Waals surface area contributed by atoms with Gasteiger partial charge in [-0.25, -0.2) is 4.39 Å². The lowest BCUT2D eigenvalue weighted by atomic mass is 10.1. The summed E-state index contributed by atoms with van der Waals surface area (Å²) in [6.45, 7) is 0.139. The number of hydrogen-bond acceptors (Lipinski definition) is 5. The molecule has 154 valence electrons. The lowest BCUT2D eigenvalue weighted by molar-refractivity contribution is 0.0941. The number of anilines is 2. The van der Waals surface area contributed by atoms with Crippen molar-refractivity contribution in [2.24, 2.45) is 5.73 Å². The second kappa shape index (κ2) is 7.77. The Morgan fingerprint density at radius 3 is 2.90 bits per heavy atom. The van der Waals surface area contributed by atoms with Crippen molar-refractivity contribution in [3.8, 4) is 5.75 Å². The second-order valence-electron chi connectivity index (χ2n) is 6.60. The molecule has 1 aromatic carbocycles. The molecule has 0 aliphatic carbocycles. The highest BCUT2D eigenvalue weighted by Gasteiger charge is 2.34. The number of methoxy groups -OCH3 is 1. The predicted molar refractivity (Wildman–Crippen MR) is 109 cm³/mol. The molecule has 1 atom stereocenters. The molecule has 4 rings (SSSR count). The van der Waals surface area contributed by atoms with Gasteiger partial charge in [0.1, 0.15) is 22.9 Å². The smallest absolute Gasteiger partial charge is 0.275 e. The van der Waals surface area contributed by atoms with Crippen LogP contribution in [-0.4, -0.2) is 35.0 Å². The summed E-state index contributed by atoms with van der Waals surface area (Å²) in [7, 11) is 1.47. The third-order valence-electron chi connectivity index (χ3n) is 4.80. The van der Waals surface area contributed by atoms with Gasteiger partial charge in [-0.05, 0) is 24.3 Å². The average molecular weight is 430 g/mol. The molecule has 1 aliphatic heterocycles. The Kier molecular flexibility index (Phi) is 5.15. The van der Waals surface area contributed by atoms with E-state index in [2.05, 4.69) is 10.3 Å². The van der Waals surface area contributed by atoms with Crippen LogP contribution in [0, 0.1) is 5.82 Å². The highest BCUT2D eigenvalue weighted by Crippen LogP contribution is 2.30. The van der Waals surface area contributed by atoms with E-state index in [4.69, 9.17) is 22.1 Å². The Labute approximate surface area is 176 Å². The largest absolute Gasteiger partial charge is 0.494 e. The normalized spacial score (nSPS) is 15.7. The molecular formula is C20H17ClFN5O3. The number of fused-ring (bicyclic) bond motifs is 1. The maximum absolute atomic E-state index is 13.5. The van der Waals surface area contributed by atoms with Crippen LogP contribution in [0.5, 0.6) is 5.75 Å². The molecule has 10 heteroatoms. The fourth-order valence-corrected chi connectivity index (χ4v) is 3.51. The van der Waals surface area contributed by atoms with Crippen molar-refractivity contribution in [3.05, 3.63) is 71.0 Å². The summed E-state index contributed by atoms with van der Waals surface area (Å²) < 4.78 is 20.3. The van der Waals surface area contributed by atoms with E-state index in [1.807, 2.05) is 0 Å². The van der Waals surface area contributed by atoms with E-state index >= 15 is 0 Å². The second-order valence-corrected chi connectivity index (χ2v) is 7.00. The fraction of sp³-hybridized carbons (Fsp3) is 0.150. The number of rotatable bonds is 4. The zero-order valence-corrected chi connectivity index (χ0v) is 16.6. The summed E-state index contributed by atoms with van der Waals surface area (Å²) in [6, 6.07) is 7.08. The maximum atomic E-state index is 13.5. The number of halogens is 2. The number of nitrogens with zero attached hydrogens (tertiary/aromatic N) is 3. The van der Waals surface area contributed by atoms with E-state index < -0.39 is 23.8 Å². The van der Waals surface area contributed by atoms with Gasteiger partial charge in [0.15, 0.2) is 0 Å². The van der Waals surface area contributed by atoms with E-state index in [0.29, 0.717) is 17.1 Å². The number of nitrogens with one attached hydrogen (secondary N) is 1. The first-order valence-electron chi connectivity index (χ1n) is 8.93. The first kappa shape index (κ1) is 19.9. The molecule has 0 saturated heterocycles. The molecule has 1 aliphatic rings. The van der Waals surface area contributed by atoms with Crippen molar-refractivity contribution < 1.29 is 18.7 Å². The number of amides is 2.